The Bertz CT molecular complexity index is 1500. The summed E-state index contributed by atoms with van der Waals surface area (Å²) in [6.07, 6.45) is 0.00879. The quantitative estimate of drug-likeness (QED) is 0.343. The number of anilines is 1. The maximum atomic E-state index is 14.2. The molecule has 0 spiro atoms. The number of alkyl halides is 2. The van der Waals surface area contributed by atoms with Gasteiger partial charge >= 0.3 is 0 Å². The Balaban J connectivity index is 0.991. The number of piperazine rings is 1. The summed E-state index contributed by atoms with van der Waals surface area (Å²) in [5, 5.41) is 0. The molecule has 12 nitrogen and oxygen atoms in total. The van der Waals surface area contributed by atoms with Crippen LogP contribution in [0, 0.1) is 5.92 Å². The molecule has 14 heteroatoms. The van der Waals surface area contributed by atoms with Gasteiger partial charge < -0.3 is 24.0 Å². The van der Waals surface area contributed by atoms with Crippen LogP contribution in [0.15, 0.2) is 30.3 Å². The van der Waals surface area contributed by atoms with E-state index in [1.165, 1.54) is 4.57 Å². The second-order valence-electron chi connectivity index (χ2n) is 12.8. The van der Waals surface area contributed by atoms with E-state index in [0.717, 1.165) is 91.3 Å². The number of morpholine rings is 2. The molecule has 47 heavy (non-hydrogen) atoms. The minimum atomic E-state index is -2.79. The molecule has 7 rings (SSSR count). The predicted molar refractivity (Wildman–Crippen MR) is 171 cm³/mol. The Morgan fingerprint density at radius 2 is 1.49 bits per heavy atom. The van der Waals surface area contributed by atoms with Crippen molar-refractivity contribution in [3.05, 3.63) is 36.2 Å². The van der Waals surface area contributed by atoms with Crippen molar-refractivity contribution in [2.75, 3.05) is 96.8 Å². The van der Waals surface area contributed by atoms with Crippen molar-refractivity contribution in [3.63, 3.8) is 0 Å². The number of nitrogens with zero attached hydrogens (tertiary/aromatic N) is 8. The molecule has 3 aliphatic heterocycles. The fraction of sp³-hybridized carbons (Fsp3) is 0.636. The maximum absolute atomic E-state index is 14.2. The number of fused-ring (bicyclic) bond motifs is 1. The third-order valence-electron chi connectivity index (χ3n) is 9.81. The monoisotopic (exact) mass is 654 g/mol. The van der Waals surface area contributed by atoms with E-state index in [-0.39, 0.29) is 29.6 Å². The number of para-hydroxylation sites is 2. The van der Waals surface area contributed by atoms with Gasteiger partial charge in [-0.15, -0.1) is 0 Å². The van der Waals surface area contributed by atoms with Crippen LogP contribution in [0.2, 0.25) is 0 Å². The molecule has 1 aromatic carbocycles. The van der Waals surface area contributed by atoms with Gasteiger partial charge in [0, 0.05) is 77.4 Å². The fourth-order valence-electron chi connectivity index (χ4n) is 7.07. The van der Waals surface area contributed by atoms with E-state index in [1.807, 2.05) is 9.80 Å². The first-order valence-electron chi connectivity index (χ1n) is 17.0. The van der Waals surface area contributed by atoms with Crippen LogP contribution in [0.25, 0.3) is 16.9 Å². The van der Waals surface area contributed by atoms with Gasteiger partial charge in [0.1, 0.15) is 11.9 Å². The van der Waals surface area contributed by atoms with Gasteiger partial charge in [-0.25, -0.2) is 13.8 Å². The average molecular weight is 655 g/mol. The summed E-state index contributed by atoms with van der Waals surface area (Å²) in [6.45, 7) is 11.3. The van der Waals surface area contributed by atoms with Gasteiger partial charge in [0.25, 0.3) is 6.43 Å². The lowest BCUT2D eigenvalue weighted by Gasteiger charge is -2.38. The van der Waals surface area contributed by atoms with Gasteiger partial charge in [0.2, 0.25) is 17.7 Å². The Labute approximate surface area is 273 Å². The summed E-state index contributed by atoms with van der Waals surface area (Å²) in [5.74, 6) is 0.894. The van der Waals surface area contributed by atoms with Crippen molar-refractivity contribution >= 4 is 22.9 Å². The van der Waals surface area contributed by atoms with Crippen LogP contribution in [0.1, 0.15) is 37.9 Å². The minimum absolute atomic E-state index is 0.00876. The SMILES string of the molecule is O=C([C@H]1CC[C@H](Oc2cc(-n3c(C(F)F)nc4ccccc43)nc(N3CCOCC3)n2)CC1)N1CCN(CCN2CCOCC2)CC1. The molecular formula is C33H44F2N8O4. The Morgan fingerprint density at radius 1 is 0.830 bits per heavy atom. The smallest absolute Gasteiger partial charge is 0.296 e. The molecular weight excluding hydrogens is 610 g/mol. The standard InChI is InChI=1S/C33H44F2N8O4/c34-30(35)31-36-26-3-1-2-4-27(26)43(31)28-23-29(38-33(37-28)42-17-21-46-22-18-42)47-25-7-5-24(6-8-25)32(44)41-13-11-39(12-14-41)9-10-40-15-19-45-20-16-40/h1-4,23-25,30H,5-22H2/t24-,25-. The number of amides is 1. The summed E-state index contributed by atoms with van der Waals surface area (Å²) in [5.41, 5.74) is 1.01. The number of hydrogen-bond acceptors (Lipinski definition) is 10. The molecule has 0 bridgehead atoms. The molecule has 4 aliphatic rings. The van der Waals surface area contributed by atoms with Crippen LogP contribution in [0.5, 0.6) is 5.88 Å². The molecule has 0 atom stereocenters. The summed E-state index contributed by atoms with van der Waals surface area (Å²) < 4.78 is 47.2. The van der Waals surface area contributed by atoms with Gasteiger partial charge in [0.05, 0.1) is 37.5 Å². The third-order valence-corrected chi connectivity index (χ3v) is 9.81. The minimum Gasteiger partial charge on any atom is -0.474 e. The van der Waals surface area contributed by atoms with Crippen LogP contribution in [-0.4, -0.2) is 138 Å². The van der Waals surface area contributed by atoms with Crippen LogP contribution in [0.3, 0.4) is 0 Å². The molecule has 5 heterocycles. The lowest BCUT2D eigenvalue weighted by Crippen LogP contribution is -2.52. The van der Waals surface area contributed by atoms with E-state index in [2.05, 4.69) is 14.8 Å². The second-order valence-corrected chi connectivity index (χ2v) is 12.8. The van der Waals surface area contributed by atoms with Gasteiger partial charge in [-0.1, -0.05) is 12.1 Å². The molecule has 1 aliphatic carbocycles. The normalized spacial score (nSPS) is 23.5. The van der Waals surface area contributed by atoms with Crippen LogP contribution in [0.4, 0.5) is 14.7 Å². The number of hydrogen-bond donors (Lipinski definition) is 0. The van der Waals surface area contributed by atoms with Gasteiger partial charge in [0.15, 0.2) is 5.82 Å². The molecule has 254 valence electrons. The Hall–Kier alpha value is -3.46. The number of carbonyl (C=O) groups is 1. The molecule has 0 radical (unpaired) electrons. The highest BCUT2D eigenvalue weighted by Crippen LogP contribution is 2.32. The number of rotatable bonds is 9. The highest BCUT2D eigenvalue weighted by atomic mass is 19.3. The lowest BCUT2D eigenvalue weighted by molar-refractivity contribution is -0.139. The molecule has 3 aromatic rings. The first kappa shape index (κ1) is 32.1. The molecule has 1 saturated carbocycles. The van der Waals surface area contributed by atoms with Crippen LogP contribution in [-0.2, 0) is 14.3 Å². The lowest BCUT2D eigenvalue weighted by atomic mass is 9.86. The summed E-state index contributed by atoms with van der Waals surface area (Å²) in [4.78, 5) is 36.0. The zero-order chi connectivity index (χ0) is 32.2. The first-order chi connectivity index (χ1) is 23.0. The van der Waals surface area contributed by atoms with Crippen LogP contribution < -0.4 is 9.64 Å². The van der Waals surface area contributed by atoms with E-state index in [0.29, 0.717) is 49.2 Å². The van der Waals surface area contributed by atoms with Crippen molar-refractivity contribution < 1.29 is 27.8 Å². The summed E-state index contributed by atoms with van der Waals surface area (Å²) in [7, 11) is 0. The van der Waals surface area contributed by atoms with E-state index in [1.54, 1.807) is 30.3 Å². The second kappa shape index (κ2) is 14.8. The van der Waals surface area contributed by atoms with E-state index >= 15 is 0 Å². The van der Waals surface area contributed by atoms with E-state index in [4.69, 9.17) is 24.2 Å². The van der Waals surface area contributed by atoms with E-state index in [9.17, 15) is 13.6 Å². The largest absolute Gasteiger partial charge is 0.474 e. The molecule has 0 unspecified atom stereocenters. The zero-order valence-electron chi connectivity index (χ0n) is 26.8. The van der Waals surface area contributed by atoms with Crippen molar-refractivity contribution in [2.24, 2.45) is 5.92 Å². The van der Waals surface area contributed by atoms with Gasteiger partial charge in [-0.05, 0) is 37.8 Å². The third kappa shape index (κ3) is 7.50. The Kier molecular flexibility index (Phi) is 10.1. The highest BCUT2D eigenvalue weighted by Gasteiger charge is 2.32. The topological polar surface area (TPSA) is 101 Å². The van der Waals surface area contributed by atoms with Crippen molar-refractivity contribution in [2.45, 2.75) is 38.2 Å². The van der Waals surface area contributed by atoms with Crippen LogP contribution >= 0.6 is 0 Å². The van der Waals surface area contributed by atoms with E-state index < -0.39 is 6.43 Å². The Morgan fingerprint density at radius 3 is 2.19 bits per heavy atom. The highest BCUT2D eigenvalue weighted by molar-refractivity contribution is 5.79. The maximum Gasteiger partial charge on any atom is 0.296 e. The average Bonchev–Trinajstić information content (AvgIpc) is 3.52. The number of aromatic nitrogens is 4. The zero-order valence-corrected chi connectivity index (χ0v) is 26.8. The summed E-state index contributed by atoms with van der Waals surface area (Å²) in [6, 6.07) is 8.67. The van der Waals surface area contributed by atoms with Gasteiger partial charge in [-0.3, -0.25) is 19.2 Å². The van der Waals surface area contributed by atoms with Gasteiger partial charge in [-0.2, -0.15) is 9.97 Å². The molecule has 0 N–H and O–H groups in total. The molecule has 4 fully saturated rings. The number of imidazole rings is 1. The molecule has 1 amide bonds. The molecule has 2 aromatic heterocycles. The summed E-state index contributed by atoms with van der Waals surface area (Å²) >= 11 is 0. The van der Waals surface area contributed by atoms with Crippen molar-refractivity contribution in [1.82, 2.24) is 34.2 Å². The number of ether oxygens (including phenoxy) is 3. The number of halogens is 2. The number of carbonyl (C=O) groups excluding carboxylic acids is 1. The van der Waals surface area contributed by atoms with Crippen molar-refractivity contribution in [1.29, 1.82) is 0 Å². The van der Waals surface area contributed by atoms with Crippen molar-refractivity contribution in [3.8, 4) is 11.7 Å². The number of benzene rings is 1. The molecule has 3 saturated heterocycles. The fourth-order valence-corrected chi connectivity index (χ4v) is 7.07. The first-order valence-corrected chi connectivity index (χ1v) is 17.0. The predicted octanol–water partition coefficient (Wildman–Crippen LogP) is 3.00.